The molecule has 0 amide bonds. The van der Waals surface area contributed by atoms with Gasteiger partial charge in [0.15, 0.2) is 0 Å². The van der Waals surface area contributed by atoms with Gasteiger partial charge < -0.3 is 5.73 Å². The summed E-state index contributed by atoms with van der Waals surface area (Å²) in [6.07, 6.45) is 6.45. The molecule has 0 saturated heterocycles. The maximum absolute atomic E-state index is 6.02. The highest BCUT2D eigenvalue weighted by molar-refractivity contribution is 7.09. The molecule has 1 aromatic heterocycles. The molecule has 0 unspecified atom stereocenters. The third kappa shape index (κ3) is 2.16. The van der Waals surface area contributed by atoms with Crippen molar-refractivity contribution in [2.75, 3.05) is 6.54 Å². The zero-order valence-electron chi connectivity index (χ0n) is 10.3. The van der Waals surface area contributed by atoms with Crippen LogP contribution in [0.3, 0.4) is 0 Å². The number of rotatable bonds is 3. The second kappa shape index (κ2) is 4.84. The fraction of sp³-hybridized carbons (Fsp3) is 0.769. The van der Waals surface area contributed by atoms with Crippen molar-refractivity contribution in [3.8, 4) is 0 Å². The number of aromatic nitrogens is 1. The molecule has 0 radical (unpaired) electrons. The molecule has 0 atom stereocenters. The molecule has 1 saturated carbocycles. The third-order valence-corrected chi connectivity index (χ3v) is 4.88. The van der Waals surface area contributed by atoms with Crippen molar-refractivity contribution in [2.45, 2.75) is 57.3 Å². The minimum atomic E-state index is 0.204. The lowest BCUT2D eigenvalue weighted by Gasteiger charge is -2.34. The van der Waals surface area contributed by atoms with Crippen LogP contribution in [0.4, 0.5) is 0 Å². The topological polar surface area (TPSA) is 38.9 Å². The number of hydrogen-bond acceptors (Lipinski definition) is 3. The monoisotopic (exact) mass is 238 g/mol. The largest absolute Gasteiger partial charge is 0.329 e. The Kier molecular flexibility index (Phi) is 3.65. The molecule has 1 aliphatic rings. The van der Waals surface area contributed by atoms with E-state index in [9.17, 15) is 0 Å². The van der Waals surface area contributed by atoms with E-state index in [2.05, 4.69) is 19.2 Å². The summed E-state index contributed by atoms with van der Waals surface area (Å²) in [6, 6.07) is 0. The lowest BCUT2D eigenvalue weighted by molar-refractivity contribution is 0.299. The first-order valence-corrected chi connectivity index (χ1v) is 7.22. The van der Waals surface area contributed by atoms with Gasteiger partial charge in [-0.2, -0.15) is 0 Å². The molecule has 1 fully saturated rings. The van der Waals surface area contributed by atoms with Crippen LogP contribution in [-0.4, -0.2) is 11.5 Å². The standard InChI is InChI=1S/C13H22N2S/c1-10(2)11-8-16-12(15-11)13(9-14)6-4-3-5-7-13/h8,10H,3-7,9,14H2,1-2H3. The summed E-state index contributed by atoms with van der Waals surface area (Å²) in [5, 5.41) is 3.50. The van der Waals surface area contributed by atoms with Gasteiger partial charge in [0.2, 0.25) is 0 Å². The van der Waals surface area contributed by atoms with Crippen LogP contribution in [0.25, 0.3) is 0 Å². The molecule has 16 heavy (non-hydrogen) atoms. The lowest BCUT2D eigenvalue weighted by Crippen LogP contribution is -2.37. The van der Waals surface area contributed by atoms with Crippen molar-refractivity contribution >= 4 is 11.3 Å². The van der Waals surface area contributed by atoms with Crippen molar-refractivity contribution in [3.05, 3.63) is 16.1 Å². The summed E-state index contributed by atoms with van der Waals surface area (Å²) in [5.41, 5.74) is 7.46. The first kappa shape index (κ1) is 12.1. The van der Waals surface area contributed by atoms with E-state index >= 15 is 0 Å². The first-order valence-electron chi connectivity index (χ1n) is 6.34. The minimum absolute atomic E-state index is 0.204. The highest BCUT2D eigenvalue weighted by Crippen LogP contribution is 2.40. The number of nitrogens with zero attached hydrogens (tertiary/aromatic N) is 1. The lowest BCUT2D eigenvalue weighted by atomic mass is 9.74. The summed E-state index contributed by atoms with van der Waals surface area (Å²) < 4.78 is 0. The van der Waals surface area contributed by atoms with Gasteiger partial charge >= 0.3 is 0 Å². The third-order valence-electron chi connectivity index (χ3n) is 3.77. The maximum Gasteiger partial charge on any atom is 0.100 e. The van der Waals surface area contributed by atoms with E-state index in [0.29, 0.717) is 5.92 Å². The average Bonchev–Trinajstić information content (AvgIpc) is 2.80. The van der Waals surface area contributed by atoms with Crippen LogP contribution in [0, 0.1) is 0 Å². The fourth-order valence-electron chi connectivity index (χ4n) is 2.53. The molecular weight excluding hydrogens is 216 g/mol. The van der Waals surface area contributed by atoms with Crippen LogP contribution < -0.4 is 5.73 Å². The Morgan fingerprint density at radius 1 is 1.38 bits per heavy atom. The molecular formula is C13H22N2S. The van der Waals surface area contributed by atoms with E-state index in [4.69, 9.17) is 10.7 Å². The molecule has 90 valence electrons. The number of hydrogen-bond donors (Lipinski definition) is 1. The molecule has 0 aliphatic heterocycles. The predicted molar refractivity (Wildman–Crippen MR) is 70.0 cm³/mol. The Balaban J connectivity index is 2.25. The summed E-state index contributed by atoms with van der Waals surface area (Å²) in [7, 11) is 0. The van der Waals surface area contributed by atoms with E-state index in [1.54, 1.807) is 0 Å². The summed E-state index contributed by atoms with van der Waals surface area (Å²) >= 11 is 1.82. The van der Waals surface area contributed by atoms with Crippen molar-refractivity contribution < 1.29 is 0 Å². The van der Waals surface area contributed by atoms with E-state index in [1.165, 1.54) is 42.8 Å². The Hall–Kier alpha value is -0.410. The van der Waals surface area contributed by atoms with Gasteiger partial charge in [0, 0.05) is 17.3 Å². The number of thiazole rings is 1. The average molecular weight is 238 g/mol. The molecule has 0 bridgehead atoms. The van der Waals surface area contributed by atoms with Crippen LogP contribution in [-0.2, 0) is 5.41 Å². The van der Waals surface area contributed by atoms with E-state index < -0.39 is 0 Å². The molecule has 2 N–H and O–H groups in total. The first-order chi connectivity index (χ1) is 7.68. The van der Waals surface area contributed by atoms with Gasteiger partial charge in [-0.1, -0.05) is 33.1 Å². The summed E-state index contributed by atoms with van der Waals surface area (Å²) in [5.74, 6) is 0.531. The molecule has 1 aliphatic carbocycles. The van der Waals surface area contributed by atoms with Crippen molar-refractivity contribution in [1.29, 1.82) is 0 Å². The maximum atomic E-state index is 6.02. The second-order valence-corrected chi connectivity index (χ2v) is 6.14. The highest BCUT2D eigenvalue weighted by Gasteiger charge is 2.35. The Labute approximate surface area is 102 Å². The zero-order valence-corrected chi connectivity index (χ0v) is 11.1. The van der Waals surface area contributed by atoms with Crippen LogP contribution >= 0.6 is 11.3 Å². The van der Waals surface area contributed by atoms with Crippen LogP contribution in [0.15, 0.2) is 5.38 Å². The quantitative estimate of drug-likeness (QED) is 0.876. The highest BCUT2D eigenvalue weighted by atomic mass is 32.1. The van der Waals surface area contributed by atoms with Gasteiger partial charge in [-0.25, -0.2) is 4.98 Å². The Morgan fingerprint density at radius 2 is 2.06 bits per heavy atom. The molecule has 0 aromatic carbocycles. The molecule has 1 aromatic rings. The van der Waals surface area contributed by atoms with E-state index in [-0.39, 0.29) is 5.41 Å². The zero-order chi connectivity index (χ0) is 11.6. The van der Waals surface area contributed by atoms with Crippen LogP contribution in [0.5, 0.6) is 0 Å². The van der Waals surface area contributed by atoms with Crippen LogP contribution in [0.1, 0.15) is 62.6 Å². The molecule has 0 spiro atoms. The molecule has 1 heterocycles. The van der Waals surface area contributed by atoms with Gasteiger partial charge in [0.1, 0.15) is 5.01 Å². The van der Waals surface area contributed by atoms with E-state index in [1.807, 2.05) is 11.3 Å². The van der Waals surface area contributed by atoms with Crippen molar-refractivity contribution in [3.63, 3.8) is 0 Å². The van der Waals surface area contributed by atoms with Gasteiger partial charge in [-0.3, -0.25) is 0 Å². The van der Waals surface area contributed by atoms with Crippen molar-refractivity contribution in [1.82, 2.24) is 4.98 Å². The Morgan fingerprint density at radius 3 is 2.56 bits per heavy atom. The van der Waals surface area contributed by atoms with Gasteiger partial charge in [0.05, 0.1) is 5.69 Å². The second-order valence-electron chi connectivity index (χ2n) is 5.28. The molecule has 2 rings (SSSR count). The van der Waals surface area contributed by atoms with Crippen LogP contribution in [0.2, 0.25) is 0 Å². The smallest absolute Gasteiger partial charge is 0.100 e. The predicted octanol–water partition coefficient (Wildman–Crippen LogP) is 3.43. The van der Waals surface area contributed by atoms with E-state index in [0.717, 1.165) is 6.54 Å². The SMILES string of the molecule is CC(C)c1csc(C2(CN)CCCCC2)n1. The Bertz CT molecular complexity index is 337. The normalized spacial score (nSPS) is 20.2. The van der Waals surface area contributed by atoms with Gasteiger partial charge in [-0.05, 0) is 18.8 Å². The summed E-state index contributed by atoms with van der Waals surface area (Å²) in [4.78, 5) is 4.81. The summed E-state index contributed by atoms with van der Waals surface area (Å²) in [6.45, 7) is 5.17. The van der Waals surface area contributed by atoms with Gasteiger partial charge in [-0.15, -0.1) is 11.3 Å². The molecule has 2 nitrogen and oxygen atoms in total. The van der Waals surface area contributed by atoms with Gasteiger partial charge in [0.25, 0.3) is 0 Å². The molecule has 3 heteroatoms. The minimum Gasteiger partial charge on any atom is -0.329 e. The fourth-order valence-corrected chi connectivity index (χ4v) is 3.78. The van der Waals surface area contributed by atoms with Crippen molar-refractivity contribution in [2.24, 2.45) is 5.73 Å². The number of nitrogens with two attached hydrogens (primary N) is 1.